The average Bonchev–Trinajstić information content (AvgIpc) is 1.61. The van der Waals surface area contributed by atoms with Crippen molar-refractivity contribution in [2.75, 3.05) is 6.61 Å². The molecule has 0 heterocycles. The van der Waals surface area contributed by atoms with Crippen LogP contribution in [0.15, 0.2) is 12.3 Å². The van der Waals surface area contributed by atoms with Crippen molar-refractivity contribution in [2.24, 2.45) is 0 Å². The maximum absolute atomic E-state index is 9.50. The maximum Gasteiger partial charge on any atom is 1.00 e. The third kappa shape index (κ3) is 15.6. The van der Waals surface area contributed by atoms with Gasteiger partial charge in [0.05, 0.1) is 0 Å². The minimum atomic E-state index is -0.182. The third-order valence-corrected chi connectivity index (χ3v) is 0.381. The zero-order valence-electron chi connectivity index (χ0n) is 5.39. The van der Waals surface area contributed by atoms with E-state index in [0.717, 1.165) is 0 Å². The van der Waals surface area contributed by atoms with Gasteiger partial charge in [-0.25, -0.2) is 0 Å². The molecule has 0 N–H and O–H groups in total. The second kappa shape index (κ2) is 15.8. The zero-order valence-corrected chi connectivity index (χ0v) is 9.39. The fourth-order valence-electron chi connectivity index (χ4n) is 0.136. The summed E-state index contributed by atoms with van der Waals surface area (Å²) in [6, 6.07) is 0. The molecular formula is C4H6Na2O2. The Bertz CT molecular complexity index is 47.3. The molecule has 0 aliphatic heterocycles. The molecule has 0 amide bonds. The Balaban J connectivity index is -0.000000125. The van der Waals surface area contributed by atoms with Crippen LogP contribution in [0.2, 0.25) is 0 Å². The molecule has 0 rings (SSSR count). The van der Waals surface area contributed by atoms with Crippen LogP contribution >= 0.6 is 0 Å². The molecule has 0 atom stereocenters. The molecule has 0 aromatic carbocycles. The SMILES string of the molecule is [Na+].[Na+].[O-]/C=C\CC[O-]. The molecule has 0 saturated carbocycles. The van der Waals surface area contributed by atoms with E-state index in [1.807, 2.05) is 0 Å². The predicted molar refractivity (Wildman–Crippen MR) is 18.6 cm³/mol. The second-order valence-electron chi connectivity index (χ2n) is 0.865. The summed E-state index contributed by atoms with van der Waals surface area (Å²) in [5.74, 6) is 0. The van der Waals surface area contributed by atoms with E-state index in [-0.39, 0.29) is 65.7 Å². The largest absolute Gasteiger partial charge is 1.00 e. The van der Waals surface area contributed by atoms with Crippen LogP contribution in [0.5, 0.6) is 0 Å². The van der Waals surface area contributed by atoms with Crippen molar-refractivity contribution in [3.63, 3.8) is 0 Å². The Morgan fingerprint density at radius 3 is 1.88 bits per heavy atom. The van der Waals surface area contributed by atoms with Gasteiger partial charge in [0.2, 0.25) is 0 Å². The molecule has 0 aromatic rings. The first-order valence-corrected chi connectivity index (χ1v) is 1.77. The molecule has 0 aromatic heterocycles. The number of rotatable bonds is 2. The van der Waals surface area contributed by atoms with Crippen LogP contribution in [-0.4, -0.2) is 6.61 Å². The summed E-state index contributed by atoms with van der Waals surface area (Å²) < 4.78 is 0. The van der Waals surface area contributed by atoms with E-state index in [9.17, 15) is 10.2 Å². The summed E-state index contributed by atoms with van der Waals surface area (Å²) in [6.07, 6.45) is 2.31. The monoisotopic (exact) mass is 132 g/mol. The van der Waals surface area contributed by atoms with E-state index in [1.54, 1.807) is 0 Å². The summed E-state index contributed by atoms with van der Waals surface area (Å²) in [5, 5.41) is 18.9. The minimum Gasteiger partial charge on any atom is -0.878 e. The van der Waals surface area contributed by atoms with Gasteiger partial charge in [0, 0.05) is 0 Å². The Morgan fingerprint density at radius 2 is 1.75 bits per heavy atom. The van der Waals surface area contributed by atoms with Crippen LogP contribution in [0.25, 0.3) is 0 Å². The molecule has 0 bridgehead atoms. The molecule has 0 spiro atoms. The first-order chi connectivity index (χ1) is 2.91. The summed E-state index contributed by atoms with van der Waals surface area (Å²) in [6.45, 7) is -0.182. The topological polar surface area (TPSA) is 46.1 Å². The van der Waals surface area contributed by atoms with Gasteiger partial charge in [0.1, 0.15) is 0 Å². The van der Waals surface area contributed by atoms with Gasteiger partial charge in [-0.1, -0.05) is 6.42 Å². The predicted octanol–water partition coefficient (Wildman–Crippen LogP) is -7.38. The smallest absolute Gasteiger partial charge is 0.878 e. The molecule has 8 heavy (non-hydrogen) atoms. The van der Waals surface area contributed by atoms with Crippen molar-refractivity contribution in [2.45, 2.75) is 6.42 Å². The fourth-order valence-corrected chi connectivity index (χ4v) is 0.136. The Labute approximate surface area is 93.6 Å². The van der Waals surface area contributed by atoms with Gasteiger partial charge in [0.25, 0.3) is 0 Å². The van der Waals surface area contributed by atoms with Crippen LogP contribution in [0.4, 0.5) is 0 Å². The van der Waals surface area contributed by atoms with Crippen LogP contribution in [0.3, 0.4) is 0 Å². The first kappa shape index (κ1) is 16.2. The van der Waals surface area contributed by atoms with E-state index in [1.165, 1.54) is 6.08 Å². The molecule has 0 aliphatic rings. The molecule has 0 radical (unpaired) electrons. The van der Waals surface area contributed by atoms with E-state index >= 15 is 0 Å². The Kier molecular flexibility index (Phi) is 32.1. The maximum atomic E-state index is 9.50. The van der Waals surface area contributed by atoms with Gasteiger partial charge in [-0.15, -0.1) is 12.7 Å². The van der Waals surface area contributed by atoms with Crippen molar-refractivity contribution < 1.29 is 69.3 Å². The van der Waals surface area contributed by atoms with Gasteiger partial charge in [-0.2, -0.15) is 6.26 Å². The van der Waals surface area contributed by atoms with Gasteiger partial charge in [0.15, 0.2) is 0 Å². The molecule has 0 saturated heterocycles. The number of hydrogen-bond acceptors (Lipinski definition) is 2. The fraction of sp³-hybridized carbons (Fsp3) is 0.500. The molecule has 0 unspecified atom stereocenters. The van der Waals surface area contributed by atoms with Gasteiger partial charge < -0.3 is 10.2 Å². The summed E-state index contributed by atoms with van der Waals surface area (Å²) in [5.41, 5.74) is 0. The molecule has 0 aliphatic carbocycles. The van der Waals surface area contributed by atoms with E-state index in [2.05, 4.69) is 0 Å². The van der Waals surface area contributed by atoms with Crippen molar-refractivity contribution in [1.29, 1.82) is 0 Å². The Morgan fingerprint density at radius 1 is 1.25 bits per heavy atom. The van der Waals surface area contributed by atoms with Crippen LogP contribution in [0.1, 0.15) is 6.42 Å². The third-order valence-electron chi connectivity index (χ3n) is 0.381. The summed E-state index contributed by atoms with van der Waals surface area (Å²) in [4.78, 5) is 0. The van der Waals surface area contributed by atoms with Crippen molar-refractivity contribution >= 4 is 0 Å². The first-order valence-electron chi connectivity index (χ1n) is 1.77. The number of hydrogen-bond donors (Lipinski definition) is 0. The van der Waals surface area contributed by atoms with Gasteiger partial charge >= 0.3 is 59.1 Å². The standard InChI is InChI=1S/C4H7O2.2Na/c5-3-1-2-4-6;;/h1,3,5H,2,4H2;;/q-1;2*+1/p-1/b3-1-;;. The zero-order chi connectivity index (χ0) is 4.83. The molecule has 36 valence electrons. The average molecular weight is 132 g/mol. The van der Waals surface area contributed by atoms with Crippen molar-refractivity contribution in [1.82, 2.24) is 0 Å². The van der Waals surface area contributed by atoms with E-state index in [4.69, 9.17) is 0 Å². The quantitative estimate of drug-likeness (QED) is 0.277. The van der Waals surface area contributed by atoms with Crippen molar-refractivity contribution in [3.05, 3.63) is 12.3 Å². The van der Waals surface area contributed by atoms with Crippen LogP contribution in [-0.2, 0) is 0 Å². The molecular weight excluding hydrogens is 126 g/mol. The normalized spacial score (nSPS) is 7.62. The second-order valence-corrected chi connectivity index (χ2v) is 0.865. The van der Waals surface area contributed by atoms with Crippen LogP contribution in [0, 0.1) is 0 Å². The molecule has 4 heteroatoms. The Hall–Kier alpha value is 1.50. The van der Waals surface area contributed by atoms with Crippen molar-refractivity contribution in [3.8, 4) is 0 Å². The van der Waals surface area contributed by atoms with Crippen LogP contribution < -0.4 is 69.3 Å². The summed E-state index contributed by atoms with van der Waals surface area (Å²) in [7, 11) is 0. The van der Waals surface area contributed by atoms with Gasteiger partial charge in [-0.05, 0) is 0 Å². The minimum absolute atomic E-state index is 0. The van der Waals surface area contributed by atoms with Gasteiger partial charge in [-0.3, -0.25) is 0 Å². The van der Waals surface area contributed by atoms with E-state index < -0.39 is 0 Å². The molecule has 0 fully saturated rings. The summed E-state index contributed by atoms with van der Waals surface area (Å²) >= 11 is 0. The molecule has 2 nitrogen and oxygen atoms in total. The van der Waals surface area contributed by atoms with E-state index in [0.29, 0.717) is 12.7 Å².